The van der Waals surface area contributed by atoms with Crippen LogP contribution in [-0.2, 0) is 0 Å². The molecule has 0 aliphatic heterocycles. The summed E-state index contributed by atoms with van der Waals surface area (Å²) >= 11 is 0. The molecule has 0 bridgehead atoms. The van der Waals surface area contributed by atoms with Crippen LogP contribution in [0.2, 0.25) is 0 Å². The average Bonchev–Trinajstić information content (AvgIpc) is 2.44. The van der Waals surface area contributed by atoms with Gasteiger partial charge >= 0.3 is 0 Å². The fourth-order valence-corrected chi connectivity index (χ4v) is 2.65. The first-order chi connectivity index (χ1) is 5.04. The molecule has 1 aliphatic rings. The van der Waals surface area contributed by atoms with Crippen molar-refractivity contribution in [3.05, 3.63) is 0 Å². The molecule has 66 valence electrons. The smallest absolute Gasteiger partial charge is 0.0337 e. The summed E-state index contributed by atoms with van der Waals surface area (Å²) in [7, 11) is 0. The van der Waals surface area contributed by atoms with Gasteiger partial charge in [0, 0.05) is 0 Å². The van der Waals surface area contributed by atoms with Crippen LogP contribution >= 0.6 is 0 Å². The molecule has 0 radical (unpaired) electrons. The van der Waals surface area contributed by atoms with Crippen LogP contribution in [0.1, 0.15) is 41.0 Å². The molecule has 0 aromatic carbocycles. The van der Waals surface area contributed by atoms with Gasteiger partial charge < -0.3 is 0 Å². The van der Waals surface area contributed by atoms with E-state index in [4.69, 9.17) is 0 Å². The summed E-state index contributed by atoms with van der Waals surface area (Å²) in [6, 6.07) is 0. The van der Waals surface area contributed by atoms with Gasteiger partial charge in [-0.25, -0.2) is 0 Å². The molecule has 11 heavy (non-hydrogen) atoms. The summed E-state index contributed by atoms with van der Waals surface area (Å²) in [6.07, 6.45) is 1.49. The topological polar surface area (TPSA) is 0 Å². The SMILES string of the molecule is CC(C)C(C(C)C)C1CC1C. The first-order valence-electron chi connectivity index (χ1n) is 5.04. The molecule has 2 atom stereocenters. The van der Waals surface area contributed by atoms with Crippen molar-refractivity contribution in [2.45, 2.75) is 41.0 Å². The fraction of sp³-hybridized carbons (Fsp3) is 1.00. The third kappa shape index (κ3) is 1.98. The third-order valence-corrected chi connectivity index (χ3v) is 3.21. The Balaban J connectivity index is 2.47. The van der Waals surface area contributed by atoms with E-state index < -0.39 is 0 Å². The van der Waals surface area contributed by atoms with Gasteiger partial charge in [0.1, 0.15) is 0 Å². The van der Waals surface area contributed by atoms with Crippen molar-refractivity contribution in [3.63, 3.8) is 0 Å². The lowest BCUT2D eigenvalue weighted by molar-refractivity contribution is 0.243. The molecule has 0 amide bonds. The molecule has 0 aromatic rings. The molecule has 0 aromatic heterocycles. The largest absolute Gasteiger partial charge is 0.0625 e. The second-order valence-corrected chi connectivity index (χ2v) is 4.94. The van der Waals surface area contributed by atoms with E-state index in [-0.39, 0.29) is 0 Å². The van der Waals surface area contributed by atoms with E-state index in [1.54, 1.807) is 0 Å². The summed E-state index contributed by atoms with van der Waals surface area (Å²) in [5, 5.41) is 0. The van der Waals surface area contributed by atoms with Gasteiger partial charge in [-0.2, -0.15) is 0 Å². The molecular formula is C11H22. The molecule has 0 heterocycles. The van der Waals surface area contributed by atoms with Crippen molar-refractivity contribution in [1.29, 1.82) is 0 Å². The molecule has 0 nitrogen and oxygen atoms in total. The monoisotopic (exact) mass is 154 g/mol. The quantitative estimate of drug-likeness (QED) is 0.583. The summed E-state index contributed by atoms with van der Waals surface area (Å²) in [4.78, 5) is 0. The van der Waals surface area contributed by atoms with E-state index in [0.717, 1.165) is 29.6 Å². The highest BCUT2D eigenvalue weighted by atomic mass is 14.5. The predicted molar refractivity (Wildman–Crippen MR) is 50.4 cm³/mol. The van der Waals surface area contributed by atoms with Crippen LogP contribution < -0.4 is 0 Å². The van der Waals surface area contributed by atoms with Crippen molar-refractivity contribution in [1.82, 2.24) is 0 Å². The summed E-state index contributed by atoms with van der Waals surface area (Å²) in [5.74, 6) is 4.81. The number of rotatable bonds is 3. The normalized spacial score (nSPS) is 30.5. The Kier molecular flexibility index (Phi) is 2.61. The van der Waals surface area contributed by atoms with Crippen LogP contribution in [0, 0.1) is 29.6 Å². The highest BCUT2D eigenvalue weighted by molar-refractivity contribution is 4.90. The van der Waals surface area contributed by atoms with Gasteiger partial charge in [0.2, 0.25) is 0 Å². The Morgan fingerprint density at radius 3 is 1.45 bits per heavy atom. The maximum absolute atomic E-state index is 2.39. The van der Waals surface area contributed by atoms with E-state index in [1.807, 2.05) is 0 Å². The predicted octanol–water partition coefficient (Wildman–Crippen LogP) is 3.57. The molecule has 0 heteroatoms. The first-order valence-corrected chi connectivity index (χ1v) is 5.04. The van der Waals surface area contributed by atoms with Gasteiger partial charge in [-0.1, -0.05) is 34.6 Å². The molecule has 1 saturated carbocycles. The van der Waals surface area contributed by atoms with Crippen molar-refractivity contribution in [3.8, 4) is 0 Å². The fourth-order valence-electron chi connectivity index (χ4n) is 2.65. The Morgan fingerprint density at radius 1 is 1.00 bits per heavy atom. The lowest BCUT2D eigenvalue weighted by atomic mass is 9.81. The Hall–Kier alpha value is 0. The van der Waals surface area contributed by atoms with Gasteiger partial charge in [-0.15, -0.1) is 0 Å². The van der Waals surface area contributed by atoms with Crippen molar-refractivity contribution >= 4 is 0 Å². The van der Waals surface area contributed by atoms with Crippen LogP contribution in [0.15, 0.2) is 0 Å². The van der Waals surface area contributed by atoms with Crippen LogP contribution in [0.4, 0.5) is 0 Å². The van der Waals surface area contributed by atoms with Gasteiger partial charge in [0.25, 0.3) is 0 Å². The lowest BCUT2D eigenvalue weighted by Gasteiger charge is -2.24. The zero-order valence-corrected chi connectivity index (χ0v) is 8.59. The van der Waals surface area contributed by atoms with E-state index in [1.165, 1.54) is 6.42 Å². The van der Waals surface area contributed by atoms with Crippen molar-refractivity contribution < 1.29 is 0 Å². The first kappa shape index (κ1) is 9.09. The van der Waals surface area contributed by atoms with Gasteiger partial charge in [0.05, 0.1) is 0 Å². The molecule has 1 fully saturated rings. The van der Waals surface area contributed by atoms with E-state index in [9.17, 15) is 0 Å². The zero-order valence-electron chi connectivity index (χ0n) is 8.59. The Labute approximate surface area is 71.4 Å². The van der Waals surface area contributed by atoms with Crippen LogP contribution in [0.3, 0.4) is 0 Å². The molecule has 2 unspecified atom stereocenters. The maximum atomic E-state index is 2.39. The molecule has 1 rings (SSSR count). The van der Waals surface area contributed by atoms with E-state index >= 15 is 0 Å². The minimum atomic E-state index is 0.880. The minimum absolute atomic E-state index is 0.880. The average molecular weight is 154 g/mol. The summed E-state index contributed by atoms with van der Waals surface area (Å²) < 4.78 is 0. The highest BCUT2D eigenvalue weighted by Gasteiger charge is 2.41. The van der Waals surface area contributed by atoms with Crippen molar-refractivity contribution in [2.75, 3.05) is 0 Å². The Bertz CT molecular complexity index is 116. The summed E-state index contributed by atoms with van der Waals surface area (Å²) in [5.41, 5.74) is 0. The van der Waals surface area contributed by atoms with Crippen LogP contribution in [0.5, 0.6) is 0 Å². The second-order valence-electron chi connectivity index (χ2n) is 4.94. The van der Waals surface area contributed by atoms with E-state index in [0.29, 0.717) is 0 Å². The van der Waals surface area contributed by atoms with Gasteiger partial charge in [-0.05, 0) is 36.0 Å². The van der Waals surface area contributed by atoms with Crippen LogP contribution in [-0.4, -0.2) is 0 Å². The van der Waals surface area contributed by atoms with Crippen molar-refractivity contribution in [2.24, 2.45) is 29.6 Å². The number of hydrogen-bond donors (Lipinski definition) is 0. The molecule has 0 saturated heterocycles. The standard InChI is InChI=1S/C11H22/c1-7(2)11(8(3)4)10-6-9(10)5/h7-11H,6H2,1-5H3. The third-order valence-electron chi connectivity index (χ3n) is 3.21. The zero-order chi connectivity index (χ0) is 8.59. The maximum Gasteiger partial charge on any atom is -0.0337 e. The highest BCUT2D eigenvalue weighted by Crippen LogP contribution is 2.49. The summed E-state index contributed by atoms with van der Waals surface area (Å²) in [6.45, 7) is 11.9. The Morgan fingerprint density at radius 2 is 1.36 bits per heavy atom. The second kappa shape index (κ2) is 3.16. The van der Waals surface area contributed by atoms with E-state index in [2.05, 4.69) is 34.6 Å². The molecule has 0 N–H and O–H groups in total. The molecule has 0 spiro atoms. The number of hydrogen-bond acceptors (Lipinski definition) is 0. The molecular weight excluding hydrogens is 132 g/mol. The van der Waals surface area contributed by atoms with Gasteiger partial charge in [0.15, 0.2) is 0 Å². The molecule has 1 aliphatic carbocycles. The lowest BCUT2D eigenvalue weighted by Crippen LogP contribution is -2.18. The van der Waals surface area contributed by atoms with Crippen LogP contribution in [0.25, 0.3) is 0 Å². The van der Waals surface area contributed by atoms with Gasteiger partial charge in [-0.3, -0.25) is 0 Å². The minimum Gasteiger partial charge on any atom is -0.0625 e.